The number of hydrogen-bond donors (Lipinski definition) is 3. The second-order valence-electron chi connectivity index (χ2n) is 8.46. The minimum absolute atomic E-state index is 0.632. The summed E-state index contributed by atoms with van der Waals surface area (Å²) in [7, 11) is 0. The van der Waals surface area contributed by atoms with Gasteiger partial charge in [0, 0.05) is 36.9 Å². The number of nitrogens with zero attached hydrogens (tertiary/aromatic N) is 1. The summed E-state index contributed by atoms with van der Waals surface area (Å²) in [6, 6.07) is 11.5. The highest BCUT2D eigenvalue weighted by atomic mass is 15.4. The minimum Gasteiger partial charge on any atom is -0.357 e. The Bertz CT molecular complexity index is 659. The molecule has 3 N–H and O–H groups in total. The van der Waals surface area contributed by atoms with Crippen molar-refractivity contribution in [2.75, 3.05) is 19.6 Å². The molecule has 2 aromatic rings. The fourth-order valence-electron chi connectivity index (χ4n) is 4.88. The largest absolute Gasteiger partial charge is 0.357 e. The molecule has 0 bridgehead atoms. The molecule has 0 radical (unpaired) electrons. The first-order chi connectivity index (χ1) is 12.2. The van der Waals surface area contributed by atoms with Gasteiger partial charge in [-0.3, -0.25) is 15.8 Å². The predicted molar refractivity (Wildman–Crippen MR) is 104 cm³/mol. The zero-order valence-electron chi connectivity index (χ0n) is 15.6. The smallest absolute Gasteiger partial charge is 0.0456 e. The average Bonchev–Trinajstić information content (AvgIpc) is 3.20. The van der Waals surface area contributed by atoms with Crippen LogP contribution >= 0.6 is 0 Å². The van der Waals surface area contributed by atoms with Crippen LogP contribution in [0.3, 0.4) is 0 Å². The van der Waals surface area contributed by atoms with Crippen molar-refractivity contribution in [1.29, 1.82) is 0 Å². The molecule has 1 aromatic carbocycles. The summed E-state index contributed by atoms with van der Waals surface area (Å²) in [5.74, 6) is 2.31. The van der Waals surface area contributed by atoms with Gasteiger partial charge in [-0.2, -0.15) is 0 Å². The maximum Gasteiger partial charge on any atom is 0.0456 e. The molecule has 25 heavy (non-hydrogen) atoms. The predicted octanol–water partition coefficient (Wildman–Crippen LogP) is 3.52. The highest BCUT2D eigenvalue weighted by Crippen LogP contribution is 2.29. The second-order valence-corrected chi connectivity index (χ2v) is 8.46. The minimum atomic E-state index is 0.632. The van der Waals surface area contributed by atoms with Crippen LogP contribution in [-0.4, -0.2) is 35.6 Å². The average molecular weight is 341 g/mol. The van der Waals surface area contributed by atoms with Gasteiger partial charge >= 0.3 is 0 Å². The van der Waals surface area contributed by atoms with E-state index < -0.39 is 0 Å². The molecule has 3 atom stereocenters. The molecule has 2 fully saturated rings. The number of likely N-dealkylation sites (tertiary alicyclic amines) is 1. The van der Waals surface area contributed by atoms with Crippen LogP contribution in [0, 0.1) is 17.8 Å². The van der Waals surface area contributed by atoms with E-state index in [4.69, 9.17) is 0 Å². The molecule has 4 nitrogen and oxygen atoms in total. The zero-order valence-corrected chi connectivity index (χ0v) is 15.6. The van der Waals surface area contributed by atoms with Crippen LogP contribution in [0.15, 0.2) is 30.3 Å². The van der Waals surface area contributed by atoms with E-state index >= 15 is 0 Å². The van der Waals surface area contributed by atoms with E-state index in [0.717, 1.165) is 30.8 Å². The van der Waals surface area contributed by atoms with E-state index in [1.165, 1.54) is 48.9 Å². The first kappa shape index (κ1) is 17.1. The van der Waals surface area contributed by atoms with Gasteiger partial charge in [0.15, 0.2) is 0 Å². The normalized spacial score (nSPS) is 28.2. The Balaban J connectivity index is 1.40. The highest BCUT2D eigenvalue weighted by Gasteiger charge is 2.35. The summed E-state index contributed by atoms with van der Waals surface area (Å²) in [6.07, 6.45) is 4.00. The van der Waals surface area contributed by atoms with Crippen molar-refractivity contribution in [3.63, 3.8) is 0 Å². The van der Waals surface area contributed by atoms with Gasteiger partial charge in [0.05, 0.1) is 0 Å². The van der Waals surface area contributed by atoms with E-state index in [-0.39, 0.29) is 0 Å². The van der Waals surface area contributed by atoms with E-state index in [2.05, 4.69) is 64.9 Å². The van der Waals surface area contributed by atoms with Crippen LogP contribution in [0.1, 0.15) is 38.8 Å². The van der Waals surface area contributed by atoms with Crippen molar-refractivity contribution in [3.05, 3.63) is 36.0 Å². The number of piperidine rings is 1. The first-order valence-corrected chi connectivity index (χ1v) is 9.96. The second kappa shape index (κ2) is 7.48. The molecule has 0 aliphatic carbocycles. The molecular formula is C21H32N4. The van der Waals surface area contributed by atoms with Crippen LogP contribution in [0.4, 0.5) is 0 Å². The van der Waals surface area contributed by atoms with Crippen molar-refractivity contribution in [1.82, 2.24) is 20.7 Å². The van der Waals surface area contributed by atoms with Gasteiger partial charge in [-0.05, 0) is 61.1 Å². The lowest BCUT2D eigenvalue weighted by molar-refractivity contribution is 0.127. The van der Waals surface area contributed by atoms with E-state index in [9.17, 15) is 0 Å². The van der Waals surface area contributed by atoms with Crippen LogP contribution in [0.5, 0.6) is 0 Å². The van der Waals surface area contributed by atoms with E-state index in [1.807, 2.05) is 0 Å². The molecule has 2 saturated heterocycles. The molecule has 3 heterocycles. The molecule has 136 valence electrons. The Hall–Kier alpha value is -1.36. The lowest BCUT2D eigenvalue weighted by Gasteiger charge is -2.37. The standard InChI is InChI=1S/C21H32N4/c1-15(2)10-18-12-22-24-21(18)17-7-5-9-25(13-17)14-19-11-16-6-3-4-8-20(16)23-19/h3-4,6,8,11,15,17-18,21-24H,5,7,9-10,12-14H2,1-2H3. The molecule has 2 aliphatic heterocycles. The van der Waals surface area contributed by atoms with E-state index in [0.29, 0.717) is 6.04 Å². The molecule has 3 unspecified atom stereocenters. The van der Waals surface area contributed by atoms with Gasteiger partial charge in [0.25, 0.3) is 0 Å². The van der Waals surface area contributed by atoms with Crippen LogP contribution in [0.25, 0.3) is 10.9 Å². The SMILES string of the molecule is CC(C)CC1CNNC1C1CCCN(Cc2cc3ccccc3[nH]2)C1. The molecule has 1 aromatic heterocycles. The topological polar surface area (TPSA) is 43.1 Å². The van der Waals surface area contributed by atoms with Crippen molar-refractivity contribution < 1.29 is 0 Å². The quantitative estimate of drug-likeness (QED) is 0.780. The summed E-state index contributed by atoms with van der Waals surface area (Å²) < 4.78 is 0. The van der Waals surface area contributed by atoms with Crippen LogP contribution < -0.4 is 10.9 Å². The molecule has 0 spiro atoms. The first-order valence-electron chi connectivity index (χ1n) is 9.96. The fourth-order valence-corrected chi connectivity index (χ4v) is 4.88. The maximum atomic E-state index is 3.60. The molecule has 0 saturated carbocycles. The molecule has 4 rings (SSSR count). The summed E-state index contributed by atoms with van der Waals surface area (Å²) in [5.41, 5.74) is 9.64. The maximum absolute atomic E-state index is 3.60. The third-order valence-electron chi connectivity index (χ3n) is 5.94. The van der Waals surface area contributed by atoms with Crippen LogP contribution in [-0.2, 0) is 6.54 Å². The number of aromatic nitrogens is 1. The highest BCUT2D eigenvalue weighted by molar-refractivity contribution is 5.80. The Kier molecular flexibility index (Phi) is 5.11. The number of rotatable bonds is 5. The summed E-state index contributed by atoms with van der Waals surface area (Å²) >= 11 is 0. The Morgan fingerprint density at radius 3 is 2.96 bits per heavy atom. The lowest BCUT2D eigenvalue weighted by Crippen LogP contribution is -2.46. The van der Waals surface area contributed by atoms with Gasteiger partial charge < -0.3 is 4.98 Å². The van der Waals surface area contributed by atoms with Crippen molar-refractivity contribution in [3.8, 4) is 0 Å². The monoisotopic (exact) mass is 340 g/mol. The number of fused-ring (bicyclic) bond motifs is 1. The van der Waals surface area contributed by atoms with Gasteiger partial charge in [-0.15, -0.1) is 0 Å². The van der Waals surface area contributed by atoms with Crippen molar-refractivity contribution >= 4 is 10.9 Å². The number of nitrogens with one attached hydrogen (secondary N) is 3. The molecule has 0 amide bonds. The third-order valence-corrected chi connectivity index (χ3v) is 5.94. The Morgan fingerprint density at radius 1 is 1.24 bits per heavy atom. The molecule has 2 aliphatic rings. The van der Waals surface area contributed by atoms with E-state index in [1.54, 1.807) is 0 Å². The zero-order chi connectivity index (χ0) is 17.2. The number of benzene rings is 1. The molecular weight excluding hydrogens is 308 g/mol. The molecule has 4 heteroatoms. The summed E-state index contributed by atoms with van der Waals surface area (Å²) in [6.45, 7) is 9.29. The Morgan fingerprint density at radius 2 is 2.12 bits per heavy atom. The van der Waals surface area contributed by atoms with Crippen molar-refractivity contribution in [2.45, 2.75) is 45.7 Å². The van der Waals surface area contributed by atoms with Gasteiger partial charge in [-0.1, -0.05) is 32.0 Å². The fraction of sp³-hybridized carbons (Fsp3) is 0.619. The van der Waals surface area contributed by atoms with Crippen LogP contribution in [0.2, 0.25) is 0 Å². The third kappa shape index (κ3) is 3.91. The number of hydrazine groups is 1. The number of hydrogen-bond acceptors (Lipinski definition) is 3. The summed E-state index contributed by atoms with van der Waals surface area (Å²) in [4.78, 5) is 6.24. The summed E-state index contributed by atoms with van der Waals surface area (Å²) in [5, 5.41) is 1.32. The van der Waals surface area contributed by atoms with Gasteiger partial charge in [0.1, 0.15) is 0 Å². The lowest BCUT2D eigenvalue weighted by atomic mass is 9.81. The number of H-pyrrole nitrogens is 1. The van der Waals surface area contributed by atoms with Gasteiger partial charge in [-0.25, -0.2) is 0 Å². The number of para-hydroxylation sites is 1. The number of aromatic amines is 1. The Labute approximate surface area is 151 Å². The van der Waals surface area contributed by atoms with Gasteiger partial charge in [0.2, 0.25) is 0 Å². The van der Waals surface area contributed by atoms with Crippen molar-refractivity contribution in [2.24, 2.45) is 17.8 Å².